The minimum Gasteiger partial charge on any atom is -0.467 e. The number of hydrogen-bond acceptors (Lipinski definition) is 5. The molecule has 7 heteroatoms. The summed E-state index contributed by atoms with van der Waals surface area (Å²) in [5.41, 5.74) is 0.678. The summed E-state index contributed by atoms with van der Waals surface area (Å²) < 4.78 is 4.68. The second kappa shape index (κ2) is 7.40. The molecule has 1 unspecified atom stereocenters. The van der Waals surface area contributed by atoms with Crippen molar-refractivity contribution in [2.24, 2.45) is 0 Å². The van der Waals surface area contributed by atoms with Gasteiger partial charge in [0.2, 0.25) is 5.91 Å². The van der Waals surface area contributed by atoms with E-state index >= 15 is 0 Å². The zero-order chi connectivity index (χ0) is 16.8. The van der Waals surface area contributed by atoms with Gasteiger partial charge >= 0.3 is 5.97 Å². The van der Waals surface area contributed by atoms with E-state index in [0.717, 1.165) is 6.42 Å². The number of ether oxygens (including phenoxy) is 1. The van der Waals surface area contributed by atoms with E-state index in [4.69, 9.17) is 5.26 Å². The van der Waals surface area contributed by atoms with Crippen molar-refractivity contribution in [3.8, 4) is 6.07 Å². The minimum absolute atomic E-state index is 0.205. The molecule has 0 saturated carbocycles. The van der Waals surface area contributed by atoms with Crippen molar-refractivity contribution < 1.29 is 19.1 Å². The summed E-state index contributed by atoms with van der Waals surface area (Å²) in [5.74, 6) is -1.21. The summed E-state index contributed by atoms with van der Waals surface area (Å²) in [7, 11) is 1.28. The Hall–Kier alpha value is -2.88. The van der Waals surface area contributed by atoms with E-state index in [9.17, 15) is 14.4 Å². The van der Waals surface area contributed by atoms with Crippen molar-refractivity contribution in [3.05, 3.63) is 35.4 Å². The predicted molar refractivity (Wildman–Crippen MR) is 80.2 cm³/mol. The minimum atomic E-state index is -0.577. The van der Waals surface area contributed by atoms with Crippen LogP contribution in [-0.4, -0.2) is 48.9 Å². The molecule has 0 spiro atoms. The second-order valence-electron chi connectivity index (χ2n) is 5.14. The van der Waals surface area contributed by atoms with Crippen molar-refractivity contribution in [1.82, 2.24) is 10.2 Å². The van der Waals surface area contributed by atoms with Crippen LogP contribution in [0.25, 0.3) is 0 Å². The first-order valence-corrected chi connectivity index (χ1v) is 7.22. The molecule has 1 N–H and O–H groups in total. The number of esters is 1. The monoisotopic (exact) mass is 315 g/mol. The molecule has 1 atom stereocenters. The van der Waals surface area contributed by atoms with Gasteiger partial charge in [0.15, 0.2) is 0 Å². The average Bonchev–Trinajstić information content (AvgIpc) is 3.08. The number of nitriles is 1. The molecule has 1 aromatic rings. The van der Waals surface area contributed by atoms with Crippen molar-refractivity contribution in [3.63, 3.8) is 0 Å². The Morgan fingerprint density at radius 3 is 2.91 bits per heavy atom. The Morgan fingerprint density at radius 2 is 2.22 bits per heavy atom. The lowest BCUT2D eigenvalue weighted by atomic mass is 10.1. The Kier molecular flexibility index (Phi) is 5.31. The third-order valence-electron chi connectivity index (χ3n) is 3.70. The molecule has 0 bridgehead atoms. The molecule has 2 rings (SSSR count). The van der Waals surface area contributed by atoms with E-state index in [1.165, 1.54) is 18.1 Å². The summed E-state index contributed by atoms with van der Waals surface area (Å²) in [6, 6.07) is 7.58. The zero-order valence-corrected chi connectivity index (χ0v) is 12.7. The summed E-state index contributed by atoms with van der Waals surface area (Å²) in [6.45, 7) is 0.265. The van der Waals surface area contributed by atoms with Crippen LogP contribution in [0, 0.1) is 11.3 Å². The van der Waals surface area contributed by atoms with E-state index in [0.29, 0.717) is 24.1 Å². The number of hydrogen-bond donors (Lipinski definition) is 1. The van der Waals surface area contributed by atoms with Crippen LogP contribution in [0.3, 0.4) is 0 Å². The number of likely N-dealkylation sites (tertiary alicyclic amines) is 1. The van der Waals surface area contributed by atoms with Crippen molar-refractivity contribution in [2.75, 3.05) is 20.2 Å². The number of carbonyl (C=O) groups excluding carboxylic acids is 3. The Bertz CT molecular complexity index is 666. The predicted octanol–water partition coefficient (Wildman–Crippen LogP) is 0.452. The van der Waals surface area contributed by atoms with Gasteiger partial charge in [-0.2, -0.15) is 5.26 Å². The number of amides is 2. The summed E-state index contributed by atoms with van der Waals surface area (Å²) in [5, 5.41) is 11.3. The molecule has 1 fully saturated rings. The standard InChI is InChI=1S/C16H17N3O4/c1-23-16(22)13-6-3-7-19(13)14(20)10-18-15(21)12-5-2-4-11(8-12)9-17/h2,4-5,8,13H,3,6-7,10H2,1H3,(H,18,21). The Labute approximate surface area is 133 Å². The normalized spacial score (nSPS) is 16.5. The maximum absolute atomic E-state index is 12.2. The van der Waals surface area contributed by atoms with E-state index in [2.05, 4.69) is 10.1 Å². The number of benzene rings is 1. The summed E-state index contributed by atoms with van der Waals surface area (Å²) in [4.78, 5) is 37.3. The maximum Gasteiger partial charge on any atom is 0.328 e. The smallest absolute Gasteiger partial charge is 0.328 e. The number of nitrogens with one attached hydrogen (secondary N) is 1. The molecule has 0 aromatic heterocycles. The van der Waals surface area contributed by atoms with Gasteiger partial charge in [-0.05, 0) is 31.0 Å². The lowest BCUT2D eigenvalue weighted by Gasteiger charge is -2.22. The molecule has 2 amide bonds. The largest absolute Gasteiger partial charge is 0.467 e. The first kappa shape index (κ1) is 16.5. The van der Waals surface area contributed by atoms with E-state index in [-0.39, 0.29) is 12.5 Å². The van der Waals surface area contributed by atoms with Crippen LogP contribution >= 0.6 is 0 Å². The Morgan fingerprint density at radius 1 is 1.43 bits per heavy atom. The molecule has 1 aromatic carbocycles. The lowest BCUT2D eigenvalue weighted by Crippen LogP contribution is -2.45. The first-order chi connectivity index (χ1) is 11.1. The molecule has 0 radical (unpaired) electrons. The van der Waals surface area contributed by atoms with E-state index in [1.807, 2.05) is 6.07 Å². The molecule has 0 aliphatic carbocycles. The van der Waals surface area contributed by atoms with Gasteiger partial charge < -0.3 is 15.0 Å². The number of methoxy groups -OCH3 is 1. The van der Waals surface area contributed by atoms with E-state index < -0.39 is 17.9 Å². The molecule has 23 heavy (non-hydrogen) atoms. The van der Waals surface area contributed by atoms with Crippen molar-refractivity contribution >= 4 is 17.8 Å². The molecular formula is C16H17N3O4. The van der Waals surface area contributed by atoms with Gasteiger partial charge in [-0.1, -0.05) is 6.07 Å². The highest BCUT2D eigenvalue weighted by molar-refractivity contribution is 5.97. The van der Waals surface area contributed by atoms with Gasteiger partial charge in [-0.25, -0.2) is 4.79 Å². The van der Waals surface area contributed by atoms with Crippen LogP contribution < -0.4 is 5.32 Å². The molecule has 1 aliphatic heterocycles. The number of rotatable bonds is 4. The molecule has 1 saturated heterocycles. The molecule has 1 aliphatic rings. The number of nitrogens with zero attached hydrogens (tertiary/aromatic N) is 2. The third kappa shape index (κ3) is 3.86. The van der Waals surface area contributed by atoms with Crippen LogP contribution in [0.1, 0.15) is 28.8 Å². The average molecular weight is 315 g/mol. The van der Waals surface area contributed by atoms with Gasteiger partial charge in [0.25, 0.3) is 5.91 Å². The molecular weight excluding hydrogens is 298 g/mol. The van der Waals surface area contributed by atoms with Crippen molar-refractivity contribution in [2.45, 2.75) is 18.9 Å². The lowest BCUT2D eigenvalue weighted by molar-refractivity contribution is -0.150. The summed E-state index contributed by atoms with van der Waals surface area (Å²) >= 11 is 0. The Balaban J connectivity index is 1.94. The van der Waals surface area contributed by atoms with Crippen LogP contribution in [0.2, 0.25) is 0 Å². The van der Waals surface area contributed by atoms with Crippen LogP contribution in [0.15, 0.2) is 24.3 Å². The molecule has 1 heterocycles. The maximum atomic E-state index is 12.2. The summed E-state index contributed by atoms with van der Waals surface area (Å²) in [6.07, 6.45) is 1.29. The number of carbonyl (C=O) groups is 3. The van der Waals surface area contributed by atoms with Crippen molar-refractivity contribution in [1.29, 1.82) is 5.26 Å². The molecule has 120 valence electrons. The SMILES string of the molecule is COC(=O)C1CCCN1C(=O)CNC(=O)c1cccc(C#N)c1. The first-order valence-electron chi connectivity index (χ1n) is 7.22. The quantitative estimate of drug-likeness (QED) is 0.813. The topological polar surface area (TPSA) is 99.5 Å². The van der Waals surface area contributed by atoms with Gasteiger partial charge in [-0.15, -0.1) is 0 Å². The fourth-order valence-corrected chi connectivity index (χ4v) is 2.54. The highest BCUT2D eigenvalue weighted by atomic mass is 16.5. The molecule has 7 nitrogen and oxygen atoms in total. The van der Waals surface area contributed by atoms with E-state index in [1.54, 1.807) is 18.2 Å². The highest BCUT2D eigenvalue weighted by Gasteiger charge is 2.34. The zero-order valence-electron chi connectivity index (χ0n) is 12.7. The third-order valence-corrected chi connectivity index (χ3v) is 3.70. The van der Waals surface area contributed by atoms with Gasteiger partial charge in [-0.3, -0.25) is 9.59 Å². The van der Waals surface area contributed by atoms with Crippen LogP contribution in [0.4, 0.5) is 0 Å². The fourth-order valence-electron chi connectivity index (χ4n) is 2.54. The highest BCUT2D eigenvalue weighted by Crippen LogP contribution is 2.18. The van der Waals surface area contributed by atoms with Gasteiger partial charge in [0.1, 0.15) is 6.04 Å². The van der Waals surface area contributed by atoms with Crippen LogP contribution in [0.5, 0.6) is 0 Å². The van der Waals surface area contributed by atoms with Crippen LogP contribution in [-0.2, 0) is 14.3 Å². The fraction of sp³-hybridized carbons (Fsp3) is 0.375. The van der Waals surface area contributed by atoms with Gasteiger partial charge in [0.05, 0.1) is 25.3 Å². The van der Waals surface area contributed by atoms with Gasteiger partial charge in [0, 0.05) is 12.1 Å². The second-order valence-corrected chi connectivity index (χ2v) is 5.14.